The summed E-state index contributed by atoms with van der Waals surface area (Å²) in [6.07, 6.45) is 3.82. The van der Waals surface area contributed by atoms with Crippen molar-refractivity contribution in [3.05, 3.63) is 75.0 Å². The van der Waals surface area contributed by atoms with E-state index in [4.69, 9.17) is 27.9 Å². The van der Waals surface area contributed by atoms with E-state index in [-0.39, 0.29) is 27.0 Å². The summed E-state index contributed by atoms with van der Waals surface area (Å²) >= 11 is 13.2. The van der Waals surface area contributed by atoms with Crippen LogP contribution in [0.25, 0.3) is 0 Å². The lowest BCUT2D eigenvalue weighted by Gasteiger charge is -2.32. The van der Waals surface area contributed by atoms with Crippen molar-refractivity contribution in [2.45, 2.75) is 37.8 Å². The molecule has 1 saturated carbocycles. The summed E-state index contributed by atoms with van der Waals surface area (Å²) < 4.78 is 23.3. The minimum absolute atomic E-state index is 0.00783. The number of nitrogens with zero attached hydrogens (tertiary/aromatic N) is 2. The summed E-state index contributed by atoms with van der Waals surface area (Å²) in [6, 6.07) is 11.2. The Hall–Kier alpha value is -2.68. The van der Waals surface area contributed by atoms with Gasteiger partial charge in [0, 0.05) is 11.7 Å². The largest absolute Gasteiger partial charge is 0.497 e. The Bertz CT molecular complexity index is 1170. The van der Waals surface area contributed by atoms with Gasteiger partial charge in [-0.3, -0.25) is 14.5 Å². The SMILES string of the molecule is COc1ccc([C@H](C(=O)NC2CCCC2)N(C(=O)c2nsc(Cl)c2Cl)c2ccc(F)cc2)cc1. The Kier molecular flexibility index (Phi) is 7.70. The highest BCUT2D eigenvalue weighted by Gasteiger charge is 2.37. The molecular weight excluding hydrogens is 500 g/mol. The van der Waals surface area contributed by atoms with Crippen LogP contribution in [0.1, 0.15) is 47.8 Å². The maximum atomic E-state index is 13.8. The maximum Gasteiger partial charge on any atom is 0.280 e. The molecule has 0 spiro atoms. The van der Waals surface area contributed by atoms with Crippen LogP contribution in [0.2, 0.25) is 9.36 Å². The molecule has 1 aliphatic rings. The molecule has 0 unspecified atom stereocenters. The fraction of sp³-hybridized carbons (Fsp3) is 0.292. The number of benzene rings is 2. The van der Waals surface area contributed by atoms with Gasteiger partial charge >= 0.3 is 0 Å². The van der Waals surface area contributed by atoms with Gasteiger partial charge in [-0.2, -0.15) is 4.37 Å². The first kappa shape index (κ1) is 24.4. The van der Waals surface area contributed by atoms with Crippen molar-refractivity contribution >= 4 is 52.2 Å². The first-order valence-electron chi connectivity index (χ1n) is 10.7. The first-order chi connectivity index (χ1) is 16.4. The van der Waals surface area contributed by atoms with Crippen LogP contribution in [0.3, 0.4) is 0 Å². The van der Waals surface area contributed by atoms with Gasteiger partial charge in [0.1, 0.15) is 27.0 Å². The van der Waals surface area contributed by atoms with E-state index in [9.17, 15) is 14.0 Å². The zero-order valence-corrected chi connectivity index (χ0v) is 20.6. The quantitative estimate of drug-likeness (QED) is 0.411. The average Bonchev–Trinajstić information content (AvgIpc) is 3.47. The number of halogens is 3. The number of aromatic nitrogens is 1. The second-order valence-electron chi connectivity index (χ2n) is 7.94. The topological polar surface area (TPSA) is 71.5 Å². The van der Waals surface area contributed by atoms with Crippen molar-refractivity contribution in [1.29, 1.82) is 0 Å². The Balaban J connectivity index is 1.83. The Morgan fingerprint density at radius 2 is 1.76 bits per heavy atom. The van der Waals surface area contributed by atoms with E-state index in [1.165, 1.54) is 29.2 Å². The lowest BCUT2D eigenvalue weighted by Crippen LogP contribution is -2.46. The van der Waals surface area contributed by atoms with Gasteiger partial charge in [0.05, 0.1) is 7.11 Å². The van der Waals surface area contributed by atoms with Crippen molar-refractivity contribution in [1.82, 2.24) is 9.69 Å². The third-order valence-electron chi connectivity index (χ3n) is 5.76. The Labute approximate surface area is 210 Å². The van der Waals surface area contributed by atoms with Crippen molar-refractivity contribution in [2.75, 3.05) is 12.0 Å². The van der Waals surface area contributed by atoms with Gasteiger partial charge in [-0.25, -0.2) is 4.39 Å². The second-order valence-corrected chi connectivity index (χ2v) is 9.69. The molecule has 1 fully saturated rings. The van der Waals surface area contributed by atoms with E-state index in [0.717, 1.165) is 37.2 Å². The van der Waals surface area contributed by atoms with Crippen molar-refractivity contribution in [3.8, 4) is 5.75 Å². The zero-order chi connectivity index (χ0) is 24.2. The van der Waals surface area contributed by atoms with Crippen LogP contribution < -0.4 is 15.0 Å². The van der Waals surface area contributed by atoms with E-state index in [1.54, 1.807) is 31.4 Å². The number of hydrogen-bond acceptors (Lipinski definition) is 5. The van der Waals surface area contributed by atoms with Crippen LogP contribution in [0, 0.1) is 5.82 Å². The van der Waals surface area contributed by atoms with E-state index in [0.29, 0.717) is 17.0 Å². The van der Waals surface area contributed by atoms with Crippen LogP contribution in [0.5, 0.6) is 5.75 Å². The van der Waals surface area contributed by atoms with Crippen LogP contribution in [-0.4, -0.2) is 29.3 Å². The molecule has 0 saturated heterocycles. The number of nitrogens with one attached hydrogen (secondary N) is 1. The van der Waals surface area contributed by atoms with Gasteiger partial charge in [-0.1, -0.05) is 48.2 Å². The number of carbonyl (C=O) groups excluding carboxylic acids is 2. The molecule has 1 aromatic heterocycles. The monoisotopic (exact) mass is 521 g/mol. The molecule has 0 bridgehead atoms. The molecule has 0 radical (unpaired) electrons. The number of methoxy groups -OCH3 is 1. The average molecular weight is 522 g/mol. The van der Waals surface area contributed by atoms with E-state index in [1.807, 2.05) is 0 Å². The number of hydrogen-bond donors (Lipinski definition) is 1. The van der Waals surface area contributed by atoms with Crippen molar-refractivity contribution in [3.63, 3.8) is 0 Å². The molecule has 2 amide bonds. The fourth-order valence-electron chi connectivity index (χ4n) is 4.05. The molecule has 0 aliphatic heterocycles. The van der Waals surface area contributed by atoms with Gasteiger partial charge in [0.2, 0.25) is 5.91 Å². The van der Waals surface area contributed by atoms with Gasteiger partial charge in [0.25, 0.3) is 5.91 Å². The minimum Gasteiger partial charge on any atom is -0.497 e. The smallest absolute Gasteiger partial charge is 0.280 e. The normalized spacial score (nSPS) is 14.6. The zero-order valence-electron chi connectivity index (χ0n) is 18.3. The highest BCUT2D eigenvalue weighted by atomic mass is 35.5. The fourth-order valence-corrected chi connectivity index (χ4v) is 5.03. The van der Waals surface area contributed by atoms with E-state index in [2.05, 4.69) is 9.69 Å². The lowest BCUT2D eigenvalue weighted by atomic mass is 10.0. The number of amides is 2. The van der Waals surface area contributed by atoms with Crippen molar-refractivity contribution in [2.24, 2.45) is 0 Å². The van der Waals surface area contributed by atoms with E-state index < -0.39 is 17.8 Å². The molecule has 4 rings (SSSR count). The summed E-state index contributed by atoms with van der Waals surface area (Å²) in [5.41, 5.74) is 0.786. The predicted molar refractivity (Wildman–Crippen MR) is 131 cm³/mol. The number of anilines is 1. The van der Waals surface area contributed by atoms with E-state index >= 15 is 0 Å². The lowest BCUT2D eigenvalue weighted by molar-refractivity contribution is -0.123. The third kappa shape index (κ3) is 5.19. The summed E-state index contributed by atoms with van der Waals surface area (Å²) in [6.45, 7) is 0. The minimum atomic E-state index is -1.07. The summed E-state index contributed by atoms with van der Waals surface area (Å²) in [4.78, 5) is 28.7. The van der Waals surface area contributed by atoms with Crippen LogP contribution in [0.4, 0.5) is 10.1 Å². The molecule has 1 atom stereocenters. The van der Waals surface area contributed by atoms with Crippen molar-refractivity contribution < 1.29 is 18.7 Å². The molecule has 34 heavy (non-hydrogen) atoms. The predicted octanol–water partition coefficient (Wildman–Crippen LogP) is 6.04. The maximum absolute atomic E-state index is 13.8. The van der Waals surface area contributed by atoms with Gasteiger partial charge < -0.3 is 10.1 Å². The third-order valence-corrected chi connectivity index (χ3v) is 7.37. The van der Waals surface area contributed by atoms with Crippen LogP contribution in [0.15, 0.2) is 48.5 Å². The van der Waals surface area contributed by atoms with Gasteiger partial charge in [-0.15, -0.1) is 0 Å². The number of carbonyl (C=O) groups is 2. The standard InChI is InChI=1S/C24H22Cl2FN3O3S/c1-33-18-12-6-14(7-13-18)21(23(31)28-16-4-2-3-5-16)30(17-10-8-15(27)9-11-17)24(32)20-19(25)22(26)34-29-20/h6-13,16,21H,2-5H2,1H3,(H,28,31)/t21-/m1/s1. The molecule has 1 heterocycles. The molecular formula is C24H22Cl2FN3O3S. The summed E-state index contributed by atoms with van der Waals surface area (Å²) in [5.74, 6) is -0.843. The highest BCUT2D eigenvalue weighted by Crippen LogP contribution is 2.35. The molecule has 10 heteroatoms. The van der Waals surface area contributed by atoms with Gasteiger partial charge in [0.15, 0.2) is 5.69 Å². The molecule has 2 aromatic carbocycles. The van der Waals surface area contributed by atoms with Crippen LogP contribution in [-0.2, 0) is 4.79 Å². The molecule has 3 aromatic rings. The Morgan fingerprint density at radius 3 is 2.32 bits per heavy atom. The molecule has 6 nitrogen and oxygen atoms in total. The Morgan fingerprint density at radius 1 is 1.12 bits per heavy atom. The number of rotatable bonds is 7. The van der Waals surface area contributed by atoms with Crippen LogP contribution >= 0.6 is 34.7 Å². The second kappa shape index (κ2) is 10.7. The first-order valence-corrected chi connectivity index (χ1v) is 12.3. The summed E-state index contributed by atoms with van der Waals surface area (Å²) in [7, 11) is 1.54. The summed E-state index contributed by atoms with van der Waals surface area (Å²) in [5, 5.41) is 3.09. The number of ether oxygens (including phenoxy) is 1. The molecule has 1 aliphatic carbocycles. The molecule has 178 valence electrons. The highest BCUT2D eigenvalue weighted by molar-refractivity contribution is 7.11. The molecule has 1 N–H and O–H groups in total. The van der Waals surface area contributed by atoms with Gasteiger partial charge in [-0.05, 0) is 66.3 Å².